The Balaban J connectivity index is 1.64. The van der Waals surface area contributed by atoms with E-state index in [0.717, 1.165) is 62.0 Å². The van der Waals surface area contributed by atoms with Gasteiger partial charge < -0.3 is 21.3 Å². The minimum absolute atomic E-state index is 0.0828. The predicted molar refractivity (Wildman–Crippen MR) is 121 cm³/mol. The van der Waals surface area contributed by atoms with Gasteiger partial charge in [0, 0.05) is 31.6 Å². The van der Waals surface area contributed by atoms with Gasteiger partial charge in [-0.3, -0.25) is 14.5 Å². The summed E-state index contributed by atoms with van der Waals surface area (Å²) in [4.78, 5) is 39.7. The third-order valence-electron chi connectivity index (χ3n) is 6.80. The second-order valence-corrected chi connectivity index (χ2v) is 8.79. The van der Waals surface area contributed by atoms with E-state index in [1.807, 2.05) is 28.0 Å². The third-order valence-corrected chi connectivity index (χ3v) is 6.80. The van der Waals surface area contributed by atoms with Crippen LogP contribution in [0.15, 0.2) is 28.2 Å². The molecule has 0 atom stereocenters. The van der Waals surface area contributed by atoms with E-state index in [9.17, 15) is 9.59 Å². The summed E-state index contributed by atoms with van der Waals surface area (Å²) >= 11 is 0. The second kappa shape index (κ2) is 7.55. The maximum absolute atomic E-state index is 12.7. The first kappa shape index (κ1) is 19.8. The number of nitrogens with zero attached hydrogens (tertiary/aromatic N) is 5. The number of carbonyl (C=O) groups is 2. The molecule has 1 saturated carbocycles. The molecular formula is C22H29N7O2. The molecule has 0 radical (unpaired) electrons. The minimum atomic E-state index is -0.587. The number of carbonyl (C=O) groups excluding carboxylic acids is 2. The molecule has 1 spiro atoms. The van der Waals surface area contributed by atoms with Crippen LogP contribution in [0.1, 0.15) is 57.8 Å². The van der Waals surface area contributed by atoms with Gasteiger partial charge in [-0.15, -0.1) is 0 Å². The van der Waals surface area contributed by atoms with Crippen molar-refractivity contribution in [3.05, 3.63) is 18.2 Å². The summed E-state index contributed by atoms with van der Waals surface area (Å²) in [5.41, 5.74) is 14.2. The van der Waals surface area contributed by atoms with Gasteiger partial charge >= 0.3 is 0 Å². The fraction of sp³-hybridized carbons (Fsp3) is 0.545. The highest BCUT2D eigenvalue weighted by Gasteiger charge is 2.44. The highest BCUT2D eigenvalue weighted by Crippen LogP contribution is 2.44. The van der Waals surface area contributed by atoms with Crippen LogP contribution in [0.5, 0.6) is 0 Å². The molecule has 5 rings (SSSR count). The van der Waals surface area contributed by atoms with E-state index < -0.39 is 5.66 Å². The molecule has 31 heavy (non-hydrogen) atoms. The van der Waals surface area contributed by atoms with Crippen molar-refractivity contribution in [1.29, 1.82) is 0 Å². The molecule has 164 valence electrons. The first-order valence-corrected chi connectivity index (χ1v) is 11.2. The molecule has 4 N–H and O–H groups in total. The zero-order chi connectivity index (χ0) is 21.6. The van der Waals surface area contributed by atoms with Crippen molar-refractivity contribution < 1.29 is 9.59 Å². The molecular weight excluding hydrogens is 394 g/mol. The van der Waals surface area contributed by atoms with Crippen LogP contribution >= 0.6 is 0 Å². The lowest BCUT2D eigenvalue weighted by Crippen LogP contribution is -2.58. The van der Waals surface area contributed by atoms with Crippen LogP contribution in [0.2, 0.25) is 0 Å². The van der Waals surface area contributed by atoms with Crippen molar-refractivity contribution in [1.82, 2.24) is 0 Å². The van der Waals surface area contributed by atoms with Gasteiger partial charge in [-0.25, -0.2) is 4.99 Å². The SMILES string of the molecule is NC1=NC2(CCCCC2)N(c2ccc(N3CCCC3=O)cc2N2CCCC2=O)C(N)=N1. The molecule has 0 unspecified atom stereocenters. The van der Waals surface area contributed by atoms with Gasteiger partial charge in [0.15, 0.2) is 0 Å². The van der Waals surface area contributed by atoms with E-state index in [0.29, 0.717) is 31.9 Å². The van der Waals surface area contributed by atoms with Gasteiger partial charge in [-0.2, -0.15) is 4.99 Å². The van der Waals surface area contributed by atoms with Crippen molar-refractivity contribution >= 4 is 40.8 Å². The maximum atomic E-state index is 12.7. The lowest BCUT2D eigenvalue weighted by molar-refractivity contribution is -0.117. The molecule has 2 amide bonds. The number of aliphatic imine (C=N–C) groups is 2. The van der Waals surface area contributed by atoms with Crippen molar-refractivity contribution in [2.24, 2.45) is 21.5 Å². The number of guanidine groups is 2. The van der Waals surface area contributed by atoms with Gasteiger partial charge in [0.05, 0.1) is 11.4 Å². The van der Waals surface area contributed by atoms with Crippen LogP contribution in [0.25, 0.3) is 0 Å². The Labute approximate surface area is 181 Å². The van der Waals surface area contributed by atoms with E-state index >= 15 is 0 Å². The Morgan fingerprint density at radius 1 is 0.839 bits per heavy atom. The van der Waals surface area contributed by atoms with Crippen molar-refractivity contribution in [2.45, 2.75) is 63.5 Å². The smallest absolute Gasteiger partial charge is 0.227 e. The molecule has 9 nitrogen and oxygen atoms in total. The molecule has 9 heteroatoms. The molecule has 4 aliphatic rings. The number of benzene rings is 1. The fourth-order valence-corrected chi connectivity index (χ4v) is 5.38. The molecule has 0 aromatic heterocycles. The summed E-state index contributed by atoms with van der Waals surface area (Å²) < 4.78 is 0. The molecule has 3 fully saturated rings. The summed E-state index contributed by atoms with van der Waals surface area (Å²) in [5, 5.41) is 0. The molecule has 1 aromatic carbocycles. The van der Waals surface area contributed by atoms with Crippen LogP contribution in [-0.2, 0) is 9.59 Å². The minimum Gasteiger partial charge on any atom is -0.369 e. The van der Waals surface area contributed by atoms with Crippen LogP contribution in [0.3, 0.4) is 0 Å². The largest absolute Gasteiger partial charge is 0.369 e. The number of rotatable bonds is 3. The average Bonchev–Trinajstić information content (AvgIpc) is 3.36. The zero-order valence-electron chi connectivity index (χ0n) is 17.7. The summed E-state index contributed by atoms with van der Waals surface area (Å²) in [6, 6.07) is 5.85. The Hall–Kier alpha value is -3.10. The number of nitrogens with two attached hydrogens (primary N) is 2. The third kappa shape index (κ3) is 3.32. The monoisotopic (exact) mass is 423 g/mol. The van der Waals surface area contributed by atoms with E-state index in [-0.39, 0.29) is 17.8 Å². The number of hydrogen-bond acceptors (Lipinski definition) is 7. The first-order valence-electron chi connectivity index (χ1n) is 11.2. The van der Waals surface area contributed by atoms with Gasteiger partial charge in [0.25, 0.3) is 0 Å². The second-order valence-electron chi connectivity index (χ2n) is 8.79. The summed E-state index contributed by atoms with van der Waals surface area (Å²) in [7, 11) is 0. The molecule has 3 heterocycles. The van der Waals surface area contributed by atoms with Gasteiger partial charge in [0.2, 0.25) is 23.7 Å². The normalized spacial score (nSPS) is 23.5. The zero-order valence-corrected chi connectivity index (χ0v) is 17.7. The van der Waals surface area contributed by atoms with Gasteiger partial charge in [-0.05, 0) is 56.7 Å². The van der Waals surface area contributed by atoms with Crippen molar-refractivity contribution in [2.75, 3.05) is 27.8 Å². The lowest BCUT2D eigenvalue weighted by Gasteiger charge is -2.46. The molecule has 2 saturated heterocycles. The standard InChI is InChI=1S/C22H29N7O2/c23-20-25-21(24)29(22(26-20)10-2-1-3-11-22)16-9-8-15(27-12-4-6-18(27)30)14-17(16)28-13-5-7-19(28)31/h8-9,14H,1-7,10-13H2,(H4,23,24,25,26). The number of hydrogen-bond donors (Lipinski definition) is 2. The molecule has 0 bridgehead atoms. The Morgan fingerprint density at radius 3 is 2.16 bits per heavy atom. The van der Waals surface area contributed by atoms with Gasteiger partial charge in [0.1, 0.15) is 5.66 Å². The van der Waals surface area contributed by atoms with Crippen LogP contribution in [0, 0.1) is 0 Å². The van der Waals surface area contributed by atoms with Gasteiger partial charge in [-0.1, -0.05) is 6.42 Å². The van der Waals surface area contributed by atoms with E-state index in [1.165, 1.54) is 0 Å². The van der Waals surface area contributed by atoms with E-state index in [2.05, 4.69) is 4.99 Å². The van der Waals surface area contributed by atoms with Crippen molar-refractivity contribution in [3.8, 4) is 0 Å². The highest BCUT2D eigenvalue weighted by molar-refractivity contribution is 6.10. The predicted octanol–water partition coefficient (Wildman–Crippen LogP) is 2.05. The van der Waals surface area contributed by atoms with Crippen LogP contribution < -0.4 is 26.2 Å². The summed E-state index contributed by atoms with van der Waals surface area (Å²) in [6.45, 7) is 1.34. The summed E-state index contributed by atoms with van der Waals surface area (Å²) in [5.74, 6) is 0.701. The van der Waals surface area contributed by atoms with E-state index in [1.54, 1.807) is 4.90 Å². The summed E-state index contributed by atoms with van der Waals surface area (Å²) in [6.07, 6.45) is 7.59. The quantitative estimate of drug-likeness (QED) is 0.771. The highest BCUT2D eigenvalue weighted by atomic mass is 16.2. The molecule has 1 aromatic rings. The maximum Gasteiger partial charge on any atom is 0.227 e. The number of amides is 2. The van der Waals surface area contributed by atoms with Crippen LogP contribution in [-0.4, -0.2) is 42.5 Å². The van der Waals surface area contributed by atoms with Crippen LogP contribution in [0.4, 0.5) is 17.1 Å². The Morgan fingerprint density at radius 2 is 1.52 bits per heavy atom. The molecule has 1 aliphatic carbocycles. The Kier molecular flexibility index (Phi) is 4.83. The fourth-order valence-electron chi connectivity index (χ4n) is 5.38. The van der Waals surface area contributed by atoms with E-state index in [4.69, 9.17) is 16.5 Å². The topological polar surface area (TPSA) is 121 Å². The average molecular weight is 424 g/mol. The number of anilines is 3. The first-order chi connectivity index (χ1) is 15.0. The van der Waals surface area contributed by atoms with Crippen molar-refractivity contribution in [3.63, 3.8) is 0 Å². The Bertz CT molecular complexity index is 980. The molecule has 3 aliphatic heterocycles. The lowest BCUT2D eigenvalue weighted by atomic mass is 9.87.